The highest BCUT2D eigenvalue weighted by Gasteiger charge is 2.41. The minimum atomic E-state index is -2.43. The Morgan fingerprint density at radius 1 is 0.649 bits per heavy atom. The summed E-state index contributed by atoms with van der Waals surface area (Å²) < 4.78 is 50.4. The molecule has 18 nitrogen and oxygen atoms in total. The van der Waals surface area contributed by atoms with Crippen LogP contribution in [0.15, 0.2) is 0 Å². The number of Topliss-reactive ketones (excluding diaryl/α,β-unsaturated/α-hetero) is 1. The molecule has 0 aliphatic heterocycles. The number of hydrogen-bond donors (Lipinski definition) is 2. The zero-order valence-electron chi connectivity index (χ0n) is 41.2. The van der Waals surface area contributed by atoms with E-state index in [1.807, 2.05) is 53.5 Å². The average Bonchev–Trinajstić information content (AvgIpc) is 3.00. The summed E-state index contributed by atoms with van der Waals surface area (Å²) in [5.74, 6) is -0.0787. The lowest BCUT2D eigenvalue weighted by molar-refractivity contribution is -0.234. The standard InChI is InChI=1S/C7H20O4Si2.C6H16O2Si.2C3H9O2Si.C3H6O2.C3H10OSi.C3H8O.C3H6O.C2H6O.2H2O/c1-7-10-12(4,5)11-13(6,8-2)9-3;1-6(2)8-9(4,5)7-3;2*1-5-6(2,3)4;1-3(4)5-2;1-4-5(2)3;2*1-3(2)4;1-2-3;;/h7H2,1-6H3;6H,1-5H3;2*1-3H3;1-2H3;5H,1-3H3;3-4H,1-2H3;1-2H3;3H,2H2,1H3;2*1H2/q;;2*-1;;;;;;;/p-2. The Balaban J connectivity index is -0.0000000480. The van der Waals surface area contributed by atoms with Gasteiger partial charge in [0.2, 0.25) is 0 Å². The molecule has 0 heterocycles. The Kier molecular flexibility index (Phi) is 76.9. The van der Waals surface area contributed by atoms with Gasteiger partial charge >= 0.3 is 31.9 Å². The number of hydrogen-bond acceptors (Lipinski definition) is 18. The summed E-state index contributed by atoms with van der Waals surface area (Å²) in [5, 5.41) is 15.6. The van der Waals surface area contributed by atoms with Crippen molar-refractivity contribution in [2.45, 2.75) is 147 Å². The lowest BCUT2D eigenvalue weighted by Gasteiger charge is -2.31. The van der Waals surface area contributed by atoms with Crippen LogP contribution < -0.4 is 9.59 Å². The molecule has 0 atom stereocenters. The van der Waals surface area contributed by atoms with E-state index < -0.39 is 52.1 Å². The highest BCUT2D eigenvalue weighted by Crippen LogP contribution is 2.16. The molecule has 0 rings (SSSR count). The number of aliphatic hydroxyl groups is 2. The van der Waals surface area contributed by atoms with E-state index in [0.29, 0.717) is 6.61 Å². The zero-order chi connectivity index (χ0) is 46.9. The smallest absolute Gasteiger partial charge is 0.488 e. The SMILES string of the molecule is CC(C)=O.CC(C)O.CCO.CCO[Si](C)(C)O[Si](C)(OC)OC.COC(C)=O.CO[SiH](C)C.CO[Si](C)(C)OC(C)C.CO[Si](C)(C)[O-].CO[Si](C)(C)[O-].[OH-].[OH-]. The van der Waals surface area contributed by atoms with E-state index in [2.05, 4.69) is 26.7 Å². The first-order valence-electron chi connectivity index (χ1n) is 17.9. The van der Waals surface area contributed by atoms with Crippen molar-refractivity contribution in [3.63, 3.8) is 0 Å². The summed E-state index contributed by atoms with van der Waals surface area (Å²) in [7, 11) is -0.720. The third-order valence-corrected chi connectivity index (χ3v) is 15.3. The topological polar surface area (TPSA) is 273 Å². The third kappa shape index (κ3) is 141. The molecule has 4 N–H and O–H groups in total. The molecule has 0 unspecified atom stereocenters. The van der Waals surface area contributed by atoms with Crippen molar-refractivity contribution in [3.05, 3.63) is 0 Å². The van der Waals surface area contributed by atoms with E-state index in [0.717, 1.165) is 0 Å². The van der Waals surface area contributed by atoms with Gasteiger partial charge in [0.25, 0.3) is 0 Å². The maximum Gasteiger partial charge on any atom is 0.488 e. The number of methoxy groups -OCH3 is 1. The van der Waals surface area contributed by atoms with Gasteiger partial charge in [0.05, 0.1) is 24.2 Å². The monoisotopic (exact) mass is 944 g/mol. The van der Waals surface area contributed by atoms with Gasteiger partial charge in [-0.15, -0.1) is 0 Å². The minimum absolute atomic E-state index is 0. The van der Waals surface area contributed by atoms with Crippen molar-refractivity contribution >= 4 is 63.8 Å². The maximum atomic E-state index is 10.4. The molecule has 0 saturated carbocycles. The maximum absolute atomic E-state index is 10.4. The van der Waals surface area contributed by atoms with E-state index in [4.69, 9.17) is 40.9 Å². The predicted octanol–water partition coefficient (Wildman–Crippen LogP) is 4.18. The van der Waals surface area contributed by atoms with Crippen molar-refractivity contribution in [2.75, 3.05) is 63.0 Å². The average molecular weight is 946 g/mol. The van der Waals surface area contributed by atoms with Gasteiger partial charge in [-0.3, -0.25) is 4.79 Å². The van der Waals surface area contributed by atoms with E-state index in [-0.39, 0.29) is 41.5 Å². The molecule has 0 aromatic rings. The fourth-order valence-corrected chi connectivity index (χ4v) is 8.17. The van der Waals surface area contributed by atoms with Gasteiger partial charge in [0.1, 0.15) is 5.78 Å². The second kappa shape index (κ2) is 52.0. The Bertz CT molecular complexity index is 761. The summed E-state index contributed by atoms with van der Waals surface area (Å²) >= 11 is 0. The van der Waals surface area contributed by atoms with Crippen LogP contribution in [0.2, 0.25) is 72.0 Å². The van der Waals surface area contributed by atoms with Gasteiger partial charge in [0, 0.05) is 81.6 Å². The second-order valence-electron chi connectivity index (χ2n) is 13.5. The highest BCUT2D eigenvalue weighted by molar-refractivity contribution is 6.76. The number of carbonyl (C=O) groups excluding carboxylic acids is 2. The van der Waals surface area contributed by atoms with E-state index in [1.54, 1.807) is 75.4 Å². The van der Waals surface area contributed by atoms with Crippen molar-refractivity contribution in [1.82, 2.24) is 0 Å². The van der Waals surface area contributed by atoms with Gasteiger partial charge in [-0.1, -0.05) is 26.2 Å². The van der Waals surface area contributed by atoms with Gasteiger partial charge in [-0.25, -0.2) is 0 Å². The van der Waals surface area contributed by atoms with Crippen LogP contribution in [0, 0.1) is 0 Å². The summed E-state index contributed by atoms with van der Waals surface area (Å²) in [5.41, 5.74) is 0. The molecule has 0 amide bonds. The van der Waals surface area contributed by atoms with Gasteiger partial charge in [-0.05, 0) is 94.7 Å². The summed E-state index contributed by atoms with van der Waals surface area (Å²) in [6, 6.07) is 0. The minimum Gasteiger partial charge on any atom is -0.870 e. The fourth-order valence-electron chi connectivity index (χ4n) is 1.61. The fraction of sp³-hybridized carbons (Fsp3) is 0.939. The summed E-state index contributed by atoms with van der Waals surface area (Å²) in [6.45, 7) is 37.1. The first-order chi connectivity index (χ1) is 24.4. The van der Waals surface area contributed by atoms with Gasteiger partial charge in [-0.2, -0.15) is 0 Å². The molecule has 0 aromatic heterocycles. The van der Waals surface area contributed by atoms with Crippen LogP contribution in [0.1, 0.15) is 62.3 Å². The molecule has 0 aromatic carbocycles. The van der Waals surface area contributed by atoms with E-state index >= 15 is 0 Å². The number of rotatable bonds is 12. The quantitative estimate of drug-likeness (QED) is 0.205. The number of esters is 1. The first-order valence-corrected chi connectivity index (χ1v) is 34.2. The predicted molar refractivity (Wildman–Crippen MR) is 239 cm³/mol. The molecular weight excluding hydrogens is 853 g/mol. The second-order valence-corrected chi connectivity index (χ2v) is 32.4. The van der Waals surface area contributed by atoms with E-state index in [1.165, 1.54) is 42.1 Å². The molecule has 360 valence electrons. The van der Waals surface area contributed by atoms with Crippen LogP contribution in [-0.4, -0.2) is 160 Å². The van der Waals surface area contributed by atoms with Crippen molar-refractivity contribution in [2.24, 2.45) is 0 Å². The molecule has 24 heteroatoms. The van der Waals surface area contributed by atoms with Crippen molar-refractivity contribution in [1.29, 1.82) is 0 Å². The van der Waals surface area contributed by atoms with Crippen LogP contribution in [0.25, 0.3) is 0 Å². The molecule has 0 bridgehead atoms. The first kappa shape index (κ1) is 84.3. The highest BCUT2D eigenvalue weighted by atomic mass is 28.5. The Hall–Kier alpha value is -0.159. The Labute approximate surface area is 356 Å². The number of aliphatic hydroxyl groups excluding tert-OH is 2. The van der Waals surface area contributed by atoms with Gasteiger partial charge < -0.3 is 79.8 Å². The third-order valence-electron chi connectivity index (χ3n) is 4.42. The van der Waals surface area contributed by atoms with Crippen molar-refractivity contribution < 1.29 is 84.6 Å². The molecule has 0 radical (unpaired) electrons. The zero-order valence-corrected chi connectivity index (χ0v) is 47.3. The molecule has 0 spiro atoms. The molecule has 0 saturated heterocycles. The molecule has 0 fully saturated rings. The lowest BCUT2D eigenvalue weighted by atomic mass is 10.5. The largest absolute Gasteiger partial charge is 0.870 e. The molecule has 0 aliphatic rings. The molecule has 0 aliphatic carbocycles. The molecular formula is C33H92O18Si6-4. The van der Waals surface area contributed by atoms with Crippen LogP contribution in [-0.2, 0) is 53.8 Å². The Morgan fingerprint density at radius 2 is 0.877 bits per heavy atom. The Morgan fingerprint density at radius 3 is 0.965 bits per heavy atom. The normalized spacial score (nSPS) is 10.4. The van der Waals surface area contributed by atoms with Crippen molar-refractivity contribution in [3.8, 4) is 0 Å². The molecule has 57 heavy (non-hydrogen) atoms. The summed E-state index contributed by atoms with van der Waals surface area (Å²) in [6.07, 6.45) is 0.117. The number of ether oxygens (including phenoxy) is 1. The van der Waals surface area contributed by atoms with E-state index in [9.17, 15) is 19.2 Å². The number of carbonyl (C=O) groups is 2. The number of ketones is 1. The van der Waals surface area contributed by atoms with Crippen LogP contribution in [0.5, 0.6) is 0 Å². The van der Waals surface area contributed by atoms with Gasteiger partial charge in [0.15, 0.2) is 9.04 Å². The van der Waals surface area contributed by atoms with Crippen LogP contribution >= 0.6 is 0 Å². The van der Waals surface area contributed by atoms with Crippen LogP contribution in [0.4, 0.5) is 0 Å². The summed E-state index contributed by atoms with van der Waals surface area (Å²) in [4.78, 5) is 39.8. The lowest BCUT2D eigenvalue weighted by Crippen LogP contribution is -2.51. The van der Waals surface area contributed by atoms with Crippen LogP contribution in [0.3, 0.4) is 0 Å².